The maximum Gasteiger partial charge on any atom is 0.256 e. The summed E-state index contributed by atoms with van der Waals surface area (Å²) in [6.07, 6.45) is 1.55. The number of aryl methyl sites for hydroxylation is 1. The third-order valence-corrected chi connectivity index (χ3v) is 1.97. The van der Waals surface area contributed by atoms with E-state index in [1.54, 1.807) is 14.0 Å². The van der Waals surface area contributed by atoms with Gasteiger partial charge in [0, 0.05) is 25.2 Å². The van der Waals surface area contributed by atoms with Crippen molar-refractivity contribution >= 4 is 5.84 Å². The van der Waals surface area contributed by atoms with Crippen LogP contribution >= 0.6 is 0 Å². The largest absolute Gasteiger partial charge is 0.409 e. The number of nitrogens with two attached hydrogens (primary N) is 1. The van der Waals surface area contributed by atoms with Gasteiger partial charge in [0.2, 0.25) is 0 Å². The van der Waals surface area contributed by atoms with E-state index >= 15 is 0 Å². The Morgan fingerprint density at radius 3 is 3.00 bits per heavy atom. The number of hydrogen-bond donors (Lipinski definition) is 2. The smallest absolute Gasteiger partial charge is 0.256 e. The van der Waals surface area contributed by atoms with Gasteiger partial charge in [0.05, 0.1) is 0 Å². The zero-order valence-corrected chi connectivity index (χ0v) is 8.06. The van der Waals surface area contributed by atoms with Crippen LogP contribution in [0.15, 0.2) is 16.1 Å². The second kappa shape index (κ2) is 3.91. The van der Waals surface area contributed by atoms with Gasteiger partial charge in [-0.05, 0) is 6.92 Å². The molecule has 0 unspecified atom stereocenters. The van der Waals surface area contributed by atoms with Crippen molar-refractivity contribution in [1.82, 2.24) is 9.55 Å². The number of amidine groups is 1. The van der Waals surface area contributed by atoms with Crippen LogP contribution in [0.4, 0.5) is 0 Å². The SMILES string of the molecule is Cc1ncc(C/C(N)=N/O)c(=O)n1C. The minimum absolute atomic E-state index is 0.00671. The number of oxime groups is 1. The fourth-order valence-electron chi connectivity index (χ4n) is 1.03. The molecule has 0 fully saturated rings. The molecular formula is C8H12N4O2. The number of rotatable bonds is 2. The van der Waals surface area contributed by atoms with Crippen molar-refractivity contribution in [1.29, 1.82) is 0 Å². The molecular weight excluding hydrogens is 184 g/mol. The minimum atomic E-state index is -0.177. The van der Waals surface area contributed by atoms with Crippen LogP contribution in [0, 0.1) is 6.92 Å². The minimum Gasteiger partial charge on any atom is -0.409 e. The first-order chi connectivity index (χ1) is 6.56. The molecule has 14 heavy (non-hydrogen) atoms. The van der Waals surface area contributed by atoms with Crippen molar-refractivity contribution in [3.8, 4) is 0 Å². The highest BCUT2D eigenvalue weighted by Gasteiger charge is 2.06. The molecule has 0 aliphatic rings. The zero-order chi connectivity index (χ0) is 10.7. The molecule has 3 N–H and O–H groups in total. The lowest BCUT2D eigenvalue weighted by atomic mass is 10.2. The summed E-state index contributed by atoms with van der Waals surface area (Å²) in [5.41, 5.74) is 5.52. The van der Waals surface area contributed by atoms with Crippen molar-refractivity contribution < 1.29 is 5.21 Å². The summed E-state index contributed by atoms with van der Waals surface area (Å²) in [7, 11) is 1.63. The Balaban J connectivity index is 3.13. The predicted octanol–water partition coefficient (Wildman–Crippen LogP) is -0.622. The Hall–Kier alpha value is -1.85. The Bertz CT molecular complexity index is 422. The second-order valence-corrected chi connectivity index (χ2v) is 2.96. The van der Waals surface area contributed by atoms with E-state index in [1.807, 2.05) is 0 Å². The maximum absolute atomic E-state index is 11.6. The molecule has 6 nitrogen and oxygen atoms in total. The first-order valence-electron chi connectivity index (χ1n) is 4.04. The van der Waals surface area contributed by atoms with Crippen LogP contribution in [0.2, 0.25) is 0 Å². The fourth-order valence-corrected chi connectivity index (χ4v) is 1.03. The Morgan fingerprint density at radius 2 is 2.43 bits per heavy atom. The molecule has 0 aromatic carbocycles. The highest BCUT2D eigenvalue weighted by atomic mass is 16.4. The lowest BCUT2D eigenvalue weighted by Crippen LogP contribution is -2.27. The summed E-state index contributed by atoms with van der Waals surface area (Å²) in [5.74, 6) is 0.617. The third-order valence-electron chi connectivity index (χ3n) is 1.97. The van der Waals surface area contributed by atoms with Crippen LogP contribution in [0.5, 0.6) is 0 Å². The van der Waals surface area contributed by atoms with Crippen molar-refractivity contribution in [2.45, 2.75) is 13.3 Å². The fraction of sp³-hybridized carbons (Fsp3) is 0.375. The van der Waals surface area contributed by atoms with E-state index in [0.29, 0.717) is 11.4 Å². The lowest BCUT2D eigenvalue weighted by Gasteiger charge is -2.04. The molecule has 0 amide bonds. The maximum atomic E-state index is 11.6. The molecule has 0 bridgehead atoms. The van der Waals surface area contributed by atoms with Crippen molar-refractivity contribution in [3.05, 3.63) is 27.9 Å². The molecule has 1 aromatic heterocycles. The van der Waals surface area contributed by atoms with E-state index < -0.39 is 0 Å². The summed E-state index contributed by atoms with van der Waals surface area (Å²) >= 11 is 0. The Labute approximate surface area is 80.7 Å². The van der Waals surface area contributed by atoms with E-state index in [0.717, 1.165) is 0 Å². The molecule has 0 aliphatic heterocycles. The molecule has 0 spiro atoms. The van der Waals surface area contributed by atoms with Crippen LogP contribution in [-0.2, 0) is 13.5 Å². The van der Waals surface area contributed by atoms with E-state index in [1.165, 1.54) is 10.8 Å². The van der Waals surface area contributed by atoms with Gasteiger partial charge in [0.15, 0.2) is 0 Å². The summed E-state index contributed by atoms with van der Waals surface area (Å²) in [5, 5.41) is 11.1. The summed E-state index contributed by atoms with van der Waals surface area (Å²) in [6, 6.07) is 0. The summed E-state index contributed by atoms with van der Waals surface area (Å²) in [4.78, 5) is 15.6. The Morgan fingerprint density at radius 1 is 1.79 bits per heavy atom. The van der Waals surface area contributed by atoms with Gasteiger partial charge in [0.1, 0.15) is 11.7 Å². The molecule has 6 heteroatoms. The van der Waals surface area contributed by atoms with E-state index in [2.05, 4.69) is 10.1 Å². The monoisotopic (exact) mass is 196 g/mol. The molecule has 1 rings (SSSR count). The average Bonchev–Trinajstić information content (AvgIpc) is 2.19. The van der Waals surface area contributed by atoms with Gasteiger partial charge in [-0.3, -0.25) is 9.36 Å². The van der Waals surface area contributed by atoms with E-state index in [4.69, 9.17) is 10.9 Å². The molecule has 1 heterocycles. The molecule has 0 aliphatic carbocycles. The topological polar surface area (TPSA) is 93.5 Å². The molecule has 0 saturated carbocycles. The van der Waals surface area contributed by atoms with Crippen LogP contribution in [0.1, 0.15) is 11.4 Å². The molecule has 1 aromatic rings. The van der Waals surface area contributed by atoms with Gasteiger partial charge >= 0.3 is 0 Å². The van der Waals surface area contributed by atoms with Gasteiger partial charge < -0.3 is 10.9 Å². The van der Waals surface area contributed by atoms with Crippen LogP contribution in [-0.4, -0.2) is 20.6 Å². The summed E-state index contributed by atoms with van der Waals surface area (Å²) < 4.78 is 1.42. The highest BCUT2D eigenvalue weighted by molar-refractivity contribution is 5.81. The van der Waals surface area contributed by atoms with Crippen molar-refractivity contribution in [2.75, 3.05) is 0 Å². The van der Waals surface area contributed by atoms with Gasteiger partial charge in [-0.15, -0.1) is 0 Å². The first kappa shape index (κ1) is 10.2. The van der Waals surface area contributed by atoms with Crippen molar-refractivity contribution in [2.24, 2.45) is 17.9 Å². The van der Waals surface area contributed by atoms with Crippen LogP contribution in [0.25, 0.3) is 0 Å². The number of hydrogen-bond acceptors (Lipinski definition) is 4. The normalized spacial score (nSPS) is 11.7. The van der Waals surface area contributed by atoms with Gasteiger partial charge in [-0.1, -0.05) is 5.16 Å². The highest BCUT2D eigenvalue weighted by Crippen LogP contribution is 1.93. The van der Waals surface area contributed by atoms with Gasteiger partial charge in [-0.25, -0.2) is 4.98 Å². The van der Waals surface area contributed by atoms with Gasteiger partial charge in [-0.2, -0.15) is 0 Å². The Kier molecular flexibility index (Phi) is 2.85. The second-order valence-electron chi connectivity index (χ2n) is 2.96. The number of nitrogens with zero attached hydrogens (tertiary/aromatic N) is 3. The molecule has 0 radical (unpaired) electrons. The standard InChI is InChI=1S/C8H12N4O2/c1-5-10-4-6(3-7(9)11-14)8(13)12(5)2/h4,14H,3H2,1-2H3,(H2,9,11). The quantitative estimate of drug-likeness (QED) is 0.285. The van der Waals surface area contributed by atoms with Crippen LogP contribution in [0.3, 0.4) is 0 Å². The lowest BCUT2D eigenvalue weighted by molar-refractivity contribution is 0.317. The molecule has 0 saturated heterocycles. The van der Waals surface area contributed by atoms with Crippen molar-refractivity contribution in [3.63, 3.8) is 0 Å². The molecule has 0 atom stereocenters. The first-order valence-corrected chi connectivity index (χ1v) is 4.04. The number of aromatic nitrogens is 2. The third kappa shape index (κ3) is 1.90. The summed E-state index contributed by atoms with van der Waals surface area (Å²) in [6.45, 7) is 1.73. The average molecular weight is 196 g/mol. The predicted molar refractivity (Wildman–Crippen MR) is 51.3 cm³/mol. The van der Waals surface area contributed by atoms with Gasteiger partial charge in [0.25, 0.3) is 5.56 Å². The molecule has 76 valence electrons. The zero-order valence-electron chi connectivity index (χ0n) is 8.06. The van der Waals surface area contributed by atoms with E-state index in [-0.39, 0.29) is 17.8 Å². The van der Waals surface area contributed by atoms with E-state index in [9.17, 15) is 4.79 Å². The van der Waals surface area contributed by atoms with Crippen LogP contribution < -0.4 is 11.3 Å².